The molecular weight excluding hydrogens is 150 g/mol. The SMILES string of the molecule is C#CCC(COCCC)NCC. The predicted molar refractivity (Wildman–Crippen MR) is 52.0 cm³/mol. The molecule has 0 radical (unpaired) electrons. The van der Waals surface area contributed by atoms with Gasteiger partial charge in [0, 0.05) is 19.1 Å². The molecule has 2 nitrogen and oxygen atoms in total. The van der Waals surface area contributed by atoms with Crippen LogP contribution in [0.25, 0.3) is 0 Å². The third-order valence-corrected chi connectivity index (χ3v) is 1.52. The fourth-order valence-corrected chi connectivity index (χ4v) is 0.991. The van der Waals surface area contributed by atoms with Crippen LogP contribution in [0.15, 0.2) is 0 Å². The highest BCUT2D eigenvalue weighted by Crippen LogP contribution is 1.92. The van der Waals surface area contributed by atoms with E-state index in [9.17, 15) is 0 Å². The average molecular weight is 169 g/mol. The summed E-state index contributed by atoms with van der Waals surface area (Å²) < 4.78 is 5.39. The van der Waals surface area contributed by atoms with Crippen molar-refractivity contribution >= 4 is 0 Å². The van der Waals surface area contributed by atoms with Crippen molar-refractivity contribution in [1.29, 1.82) is 0 Å². The van der Waals surface area contributed by atoms with Gasteiger partial charge in [0.1, 0.15) is 0 Å². The van der Waals surface area contributed by atoms with Crippen LogP contribution in [0.5, 0.6) is 0 Å². The van der Waals surface area contributed by atoms with Gasteiger partial charge >= 0.3 is 0 Å². The zero-order valence-corrected chi connectivity index (χ0v) is 8.10. The first-order valence-electron chi connectivity index (χ1n) is 4.59. The Kier molecular flexibility index (Phi) is 8.20. The van der Waals surface area contributed by atoms with Gasteiger partial charge < -0.3 is 10.1 Å². The molecule has 0 rings (SSSR count). The van der Waals surface area contributed by atoms with Gasteiger partial charge in [-0.3, -0.25) is 0 Å². The number of hydrogen-bond donors (Lipinski definition) is 1. The Bertz CT molecular complexity index is 128. The van der Waals surface area contributed by atoms with Crippen molar-refractivity contribution in [3.05, 3.63) is 0 Å². The Morgan fingerprint density at radius 2 is 2.25 bits per heavy atom. The maximum atomic E-state index is 5.39. The first-order chi connectivity index (χ1) is 5.85. The van der Waals surface area contributed by atoms with E-state index in [2.05, 4.69) is 25.1 Å². The molecule has 0 aliphatic heterocycles. The molecule has 0 aliphatic rings. The molecule has 0 spiro atoms. The Balaban J connectivity index is 3.42. The molecule has 0 saturated carbocycles. The van der Waals surface area contributed by atoms with E-state index in [1.807, 2.05) is 0 Å². The molecule has 0 heterocycles. The molecule has 1 atom stereocenters. The molecule has 70 valence electrons. The van der Waals surface area contributed by atoms with Crippen LogP contribution in [0, 0.1) is 12.3 Å². The molecule has 2 heteroatoms. The zero-order valence-electron chi connectivity index (χ0n) is 8.10. The van der Waals surface area contributed by atoms with Crippen molar-refractivity contribution in [3.8, 4) is 12.3 Å². The summed E-state index contributed by atoms with van der Waals surface area (Å²) in [6.45, 7) is 6.67. The summed E-state index contributed by atoms with van der Waals surface area (Å²) in [6.07, 6.45) is 7.03. The summed E-state index contributed by atoms with van der Waals surface area (Å²) in [7, 11) is 0. The van der Waals surface area contributed by atoms with Gasteiger partial charge in [0.15, 0.2) is 0 Å². The van der Waals surface area contributed by atoms with Gasteiger partial charge in [0.25, 0.3) is 0 Å². The monoisotopic (exact) mass is 169 g/mol. The van der Waals surface area contributed by atoms with Gasteiger partial charge in [0.05, 0.1) is 6.61 Å². The second-order valence-electron chi connectivity index (χ2n) is 2.74. The zero-order chi connectivity index (χ0) is 9.23. The maximum absolute atomic E-state index is 5.39. The minimum atomic E-state index is 0.326. The lowest BCUT2D eigenvalue weighted by Gasteiger charge is -2.14. The quantitative estimate of drug-likeness (QED) is 0.459. The van der Waals surface area contributed by atoms with Gasteiger partial charge in [-0.05, 0) is 13.0 Å². The van der Waals surface area contributed by atoms with Crippen LogP contribution >= 0.6 is 0 Å². The molecule has 12 heavy (non-hydrogen) atoms. The van der Waals surface area contributed by atoms with Gasteiger partial charge in [-0.1, -0.05) is 13.8 Å². The number of hydrogen-bond acceptors (Lipinski definition) is 2. The van der Waals surface area contributed by atoms with Gasteiger partial charge in [-0.2, -0.15) is 0 Å². The molecule has 0 aromatic rings. The van der Waals surface area contributed by atoms with Crippen LogP contribution in [0.1, 0.15) is 26.7 Å². The fourth-order valence-electron chi connectivity index (χ4n) is 0.991. The second kappa shape index (κ2) is 8.58. The Morgan fingerprint density at radius 3 is 2.75 bits per heavy atom. The number of rotatable bonds is 7. The molecule has 0 fully saturated rings. The Hall–Kier alpha value is -0.520. The minimum absolute atomic E-state index is 0.326. The van der Waals surface area contributed by atoms with E-state index in [-0.39, 0.29) is 0 Å². The number of nitrogens with one attached hydrogen (secondary N) is 1. The van der Waals surface area contributed by atoms with Crippen LogP contribution in [0.3, 0.4) is 0 Å². The average Bonchev–Trinajstić information content (AvgIpc) is 2.06. The van der Waals surface area contributed by atoms with Crippen LogP contribution in [0.2, 0.25) is 0 Å². The lowest BCUT2D eigenvalue weighted by Crippen LogP contribution is -2.33. The molecule has 0 bridgehead atoms. The van der Waals surface area contributed by atoms with Crippen molar-refractivity contribution in [1.82, 2.24) is 5.32 Å². The molecule has 0 saturated heterocycles. The van der Waals surface area contributed by atoms with Crippen LogP contribution in [-0.2, 0) is 4.74 Å². The minimum Gasteiger partial charge on any atom is -0.380 e. The smallest absolute Gasteiger partial charge is 0.0628 e. The summed E-state index contributed by atoms with van der Waals surface area (Å²) in [5, 5.41) is 3.27. The fraction of sp³-hybridized carbons (Fsp3) is 0.800. The van der Waals surface area contributed by atoms with Crippen LogP contribution in [0.4, 0.5) is 0 Å². The molecule has 0 amide bonds. The van der Waals surface area contributed by atoms with Crippen molar-refractivity contribution in [2.45, 2.75) is 32.7 Å². The van der Waals surface area contributed by atoms with E-state index in [1.165, 1.54) is 0 Å². The molecule has 0 aromatic heterocycles. The third kappa shape index (κ3) is 6.21. The van der Waals surface area contributed by atoms with E-state index >= 15 is 0 Å². The van der Waals surface area contributed by atoms with E-state index in [1.54, 1.807) is 0 Å². The number of terminal acetylenes is 1. The van der Waals surface area contributed by atoms with Crippen LogP contribution < -0.4 is 5.32 Å². The molecule has 0 aliphatic carbocycles. The molecular formula is C10H19NO. The summed E-state index contributed by atoms with van der Waals surface area (Å²) >= 11 is 0. The first-order valence-corrected chi connectivity index (χ1v) is 4.59. The van der Waals surface area contributed by atoms with Gasteiger partial charge in [-0.15, -0.1) is 12.3 Å². The molecule has 0 aromatic carbocycles. The van der Waals surface area contributed by atoms with E-state index in [0.29, 0.717) is 6.04 Å². The van der Waals surface area contributed by atoms with Crippen LogP contribution in [-0.4, -0.2) is 25.8 Å². The normalized spacial score (nSPS) is 12.4. The lowest BCUT2D eigenvalue weighted by atomic mass is 10.2. The Labute approximate surface area is 75.7 Å². The largest absolute Gasteiger partial charge is 0.380 e. The summed E-state index contributed by atoms with van der Waals surface area (Å²) in [5.41, 5.74) is 0. The van der Waals surface area contributed by atoms with Gasteiger partial charge in [-0.25, -0.2) is 0 Å². The number of ether oxygens (including phenoxy) is 1. The van der Waals surface area contributed by atoms with Gasteiger partial charge in [0.2, 0.25) is 0 Å². The maximum Gasteiger partial charge on any atom is 0.0628 e. The topological polar surface area (TPSA) is 21.3 Å². The summed E-state index contributed by atoms with van der Waals surface area (Å²) in [5.74, 6) is 2.64. The standard InChI is InChI=1S/C10H19NO/c1-4-7-10(11-6-3)9-12-8-5-2/h1,10-11H,5-9H2,2-3H3. The van der Waals surface area contributed by atoms with Crippen molar-refractivity contribution in [2.24, 2.45) is 0 Å². The predicted octanol–water partition coefficient (Wildman–Crippen LogP) is 1.41. The highest BCUT2D eigenvalue weighted by atomic mass is 16.5. The third-order valence-electron chi connectivity index (χ3n) is 1.52. The first kappa shape index (κ1) is 11.5. The van der Waals surface area contributed by atoms with E-state index < -0.39 is 0 Å². The summed E-state index contributed by atoms with van der Waals surface area (Å²) in [6, 6.07) is 0.326. The van der Waals surface area contributed by atoms with Crippen molar-refractivity contribution in [3.63, 3.8) is 0 Å². The highest BCUT2D eigenvalue weighted by molar-refractivity contribution is 4.89. The van der Waals surface area contributed by atoms with Crippen molar-refractivity contribution < 1.29 is 4.74 Å². The second-order valence-corrected chi connectivity index (χ2v) is 2.74. The lowest BCUT2D eigenvalue weighted by molar-refractivity contribution is 0.113. The Morgan fingerprint density at radius 1 is 1.50 bits per heavy atom. The van der Waals surface area contributed by atoms with E-state index in [0.717, 1.165) is 32.6 Å². The highest BCUT2D eigenvalue weighted by Gasteiger charge is 2.03. The molecule has 1 unspecified atom stereocenters. The van der Waals surface area contributed by atoms with Crippen molar-refractivity contribution in [2.75, 3.05) is 19.8 Å². The summed E-state index contributed by atoms with van der Waals surface area (Å²) in [4.78, 5) is 0. The van der Waals surface area contributed by atoms with E-state index in [4.69, 9.17) is 11.2 Å². The molecule has 1 N–H and O–H groups in total. The number of likely N-dealkylation sites (N-methyl/N-ethyl adjacent to an activating group) is 1.